The van der Waals surface area contributed by atoms with E-state index in [9.17, 15) is 0 Å². The summed E-state index contributed by atoms with van der Waals surface area (Å²) >= 11 is 0. The first-order chi connectivity index (χ1) is 9.15. The first-order valence-electron chi connectivity index (χ1n) is 6.03. The van der Waals surface area contributed by atoms with Crippen molar-refractivity contribution in [2.45, 2.75) is 12.8 Å². The number of nitrogens with two attached hydrogens (primary N) is 3. The number of hydrogen-bond acceptors (Lipinski definition) is 8. The van der Waals surface area contributed by atoms with Crippen molar-refractivity contribution >= 4 is 17.5 Å². The molecule has 0 amide bonds. The Morgan fingerprint density at radius 2 is 1.63 bits per heavy atom. The molecule has 1 heterocycles. The van der Waals surface area contributed by atoms with E-state index in [2.05, 4.69) is 9.97 Å². The quantitative estimate of drug-likeness (QED) is 0.536. The fraction of sp³-hybridized carbons (Fsp3) is 0.636. The van der Waals surface area contributed by atoms with Gasteiger partial charge in [0.05, 0.1) is 6.61 Å². The molecule has 19 heavy (non-hydrogen) atoms. The first kappa shape index (κ1) is 15.3. The van der Waals surface area contributed by atoms with Gasteiger partial charge in [-0.25, -0.2) is 0 Å². The van der Waals surface area contributed by atoms with E-state index in [4.69, 9.17) is 31.4 Å². The van der Waals surface area contributed by atoms with E-state index >= 15 is 0 Å². The fourth-order valence-corrected chi connectivity index (χ4v) is 1.33. The van der Waals surface area contributed by atoms with Crippen LogP contribution in [-0.4, -0.2) is 43.5 Å². The fourth-order valence-electron chi connectivity index (χ4n) is 1.33. The molecule has 1 aromatic rings. The summed E-state index contributed by atoms with van der Waals surface area (Å²) in [4.78, 5) is 7.60. The summed E-state index contributed by atoms with van der Waals surface area (Å²) in [5.41, 5.74) is 16.9. The molecule has 1 aromatic heterocycles. The standard InChI is InChI=1S/C11H21N5O3/c1-17-4-2-5-18-6-3-7-19-10-8(12)9(13)15-11(14)16-10/h2-7,12H2,1H3,(H4,13,14,15,16). The Labute approximate surface area is 112 Å². The van der Waals surface area contributed by atoms with Crippen molar-refractivity contribution in [2.75, 3.05) is 50.7 Å². The Kier molecular flexibility index (Phi) is 6.69. The van der Waals surface area contributed by atoms with Gasteiger partial charge in [0.2, 0.25) is 11.8 Å². The van der Waals surface area contributed by atoms with Gasteiger partial charge in [-0.1, -0.05) is 0 Å². The van der Waals surface area contributed by atoms with Crippen LogP contribution in [0, 0.1) is 0 Å². The van der Waals surface area contributed by atoms with Crippen molar-refractivity contribution in [3.8, 4) is 5.88 Å². The minimum Gasteiger partial charge on any atom is -0.476 e. The molecule has 0 bridgehead atoms. The molecule has 6 N–H and O–H groups in total. The summed E-state index contributed by atoms with van der Waals surface area (Å²) in [5.74, 6) is 0.375. The van der Waals surface area contributed by atoms with Gasteiger partial charge >= 0.3 is 0 Å². The average Bonchev–Trinajstić information content (AvgIpc) is 2.38. The van der Waals surface area contributed by atoms with Crippen LogP contribution in [0.25, 0.3) is 0 Å². The minimum absolute atomic E-state index is 0.0394. The highest BCUT2D eigenvalue weighted by Gasteiger charge is 2.08. The van der Waals surface area contributed by atoms with E-state index in [1.54, 1.807) is 7.11 Å². The molecular weight excluding hydrogens is 250 g/mol. The Balaban J connectivity index is 2.19. The van der Waals surface area contributed by atoms with Crippen molar-refractivity contribution in [1.82, 2.24) is 9.97 Å². The number of anilines is 3. The van der Waals surface area contributed by atoms with E-state index < -0.39 is 0 Å². The predicted octanol–water partition coefficient (Wildman–Crippen LogP) is 0.0452. The largest absolute Gasteiger partial charge is 0.476 e. The van der Waals surface area contributed by atoms with E-state index in [0.717, 1.165) is 12.8 Å². The van der Waals surface area contributed by atoms with Gasteiger partial charge in [-0.05, 0) is 6.42 Å². The summed E-state index contributed by atoms with van der Waals surface area (Å²) in [6.07, 6.45) is 1.60. The molecule has 0 aliphatic heterocycles. The van der Waals surface area contributed by atoms with Gasteiger partial charge in [-0.2, -0.15) is 9.97 Å². The van der Waals surface area contributed by atoms with Crippen molar-refractivity contribution in [3.05, 3.63) is 0 Å². The van der Waals surface area contributed by atoms with Crippen LogP contribution >= 0.6 is 0 Å². The van der Waals surface area contributed by atoms with Crippen LogP contribution in [0.15, 0.2) is 0 Å². The Hall–Kier alpha value is -1.80. The maximum atomic E-state index is 5.67. The smallest absolute Gasteiger partial charge is 0.244 e. The first-order valence-corrected chi connectivity index (χ1v) is 6.03. The molecule has 0 saturated heterocycles. The van der Waals surface area contributed by atoms with Gasteiger partial charge in [-0.3, -0.25) is 0 Å². The maximum Gasteiger partial charge on any atom is 0.244 e. The zero-order valence-corrected chi connectivity index (χ0v) is 11.1. The summed E-state index contributed by atoms with van der Waals surface area (Å²) in [5, 5.41) is 0. The zero-order chi connectivity index (χ0) is 14.1. The third kappa shape index (κ3) is 5.58. The average molecular weight is 271 g/mol. The molecule has 0 atom stereocenters. The molecular formula is C11H21N5O3. The number of rotatable bonds is 9. The lowest BCUT2D eigenvalue weighted by molar-refractivity contribution is 0.0937. The summed E-state index contributed by atoms with van der Waals surface area (Å²) in [6.45, 7) is 2.39. The van der Waals surface area contributed by atoms with Crippen molar-refractivity contribution in [3.63, 3.8) is 0 Å². The van der Waals surface area contributed by atoms with E-state index in [0.29, 0.717) is 26.4 Å². The maximum absolute atomic E-state index is 5.67. The zero-order valence-electron chi connectivity index (χ0n) is 11.1. The van der Waals surface area contributed by atoms with Gasteiger partial charge < -0.3 is 31.4 Å². The molecule has 8 nitrogen and oxygen atoms in total. The summed E-state index contributed by atoms with van der Waals surface area (Å²) in [6, 6.07) is 0. The number of nitrogens with zero attached hydrogens (tertiary/aromatic N) is 2. The van der Waals surface area contributed by atoms with Crippen molar-refractivity contribution < 1.29 is 14.2 Å². The molecule has 1 rings (SSSR count). The van der Waals surface area contributed by atoms with Gasteiger partial charge in [0.25, 0.3) is 0 Å². The molecule has 0 aliphatic carbocycles. The lowest BCUT2D eigenvalue weighted by Gasteiger charge is -2.09. The molecule has 0 aromatic carbocycles. The lowest BCUT2D eigenvalue weighted by atomic mass is 10.4. The Morgan fingerprint density at radius 1 is 0.947 bits per heavy atom. The predicted molar refractivity (Wildman–Crippen MR) is 72.7 cm³/mol. The minimum atomic E-state index is 0.0394. The number of ether oxygens (including phenoxy) is 3. The van der Waals surface area contributed by atoms with E-state index in [1.807, 2.05) is 0 Å². The second-order valence-corrected chi connectivity index (χ2v) is 3.85. The highest BCUT2D eigenvalue weighted by Crippen LogP contribution is 2.24. The van der Waals surface area contributed by atoms with Crippen molar-refractivity contribution in [1.29, 1.82) is 0 Å². The van der Waals surface area contributed by atoms with Crippen LogP contribution in [0.3, 0.4) is 0 Å². The highest BCUT2D eigenvalue weighted by atomic mass is 16.5. The summed E-state index contributed by atoms with van der Waals surface area (Å²) in [7, 11) is 1.66. The topological polar surface area (TPSA) is 132 Å². The van der Waals surface area contributed by atoms with Crippen LogP contribution in [0.2, 0.25) is 0 Å². The molecule has 0 aliphatic rings. The van der Waals surface area contributed by atoms with Crippen LogP contribution in [-0.2, 0) is 9.47 Å². The second kappa shape index (κ2) is 8.33. The number of methoxy groups -OCH3 is 1. The molecule has 0 fully saturated rings. The van der Waals surface area contributed by atoms with Crippen LogP contribution < -0.4 is 21.9 Å². The molecule has 0 radical (unpaired) electrons. The molecule has 108 valence electrons. The van der Waals surface area contributed by atoms with Crippen molar-refractivity contribution in [2.24, 2.45) is 0 Å². The molecule has 0 unspecified atom stereocenters. The van der Waals surface area contributed by atoms with Gasteiger partial charge in [0.15, 0.2) is 5.82 Å². The van der Waals surface area contributed by atoms with E-state index in [1.165, 1.54) is 0 Å². The van der Waals surface area contributed by atoms with Gasteiger partial charge in [-0.15, -0.1) is 0 Å². The van der Waals surface area contributed by atoms with Gasteiger partial charge in [0.1, 0.15) is 5.69 Å². The number of aromatic nitrogens is 2. The Bertz CT molecular complexity index is 389. The SMILES string of the molecule is COCCCOCCCOc1nc(N)nc(N)c1N. The van der Waals surface area contributed by atoms with Gasteiger partial charge in [0, 0.05) is 33.4 Å². The third-order valence-electron chi connectivity index (χ3n) is 2.27. The van der Waals surface area contributed by atoms with Crippen LogP contribution in [0.1, 0.15) is 12.8 Å². The summed E-state index contributed by atoms with van der Waals surface area (Å²) < 4.78 is 15.7. The molecule has 8 heteroatoms. The molecule has 0 spiro atoms. The Morgan fingerprint density at radius 3 is 2.32 bits per heavy atom. The highest BCUT2D eigenvalue weighted by molar-refractivity contribution is 5.65. The molecule has 0 saturated carbocycles. The van der Waals surface area contributed by atoms with E-state index in [-0.39, 0.29) is 23.3 Å². The number of hydrogen-bond donors (Lipinski definition) is 3. The number of nitrogen functional groups attached to an aromatic ring is 3. The monoisotopic (exact) mass is 271 g/mol. The van der Waals surface area contributed by atoms with Crippen LogP contribution in [0.4, 0.5) is 17.5 Å². The normalized spacial score (nSPS) is 10.6. The second-order valence-electron chi connectivity index (χ2n) is 3.85. The lowest BCUT2D eigenvalue weighted by Crippen LogP contribution is -2.10. The van der Waals surface area contributed by atoms with Crippen LogP contribution in [0.5, 0.6) is 5.88 Å². The third-order valence-corrected chi connectivity index (χ3v) is 2.27.